The number of nitro benzene ring substituents is 2. The van der Waals surface area contributed by atoms with Crippen molar-refractivity contribution in [1.82, 2.24) is 20.8 Å². The van der Waals surface area contributed by atoms with Gasteiger partial charge in [-0.05, 0) is 74.2 Å². The summed E-state index contributed by atoms with van der Waals surface area (Å²) >= 11 is 2.47. The maximum absolute atomic E-state index is 13.0. The van der Waals surface area contributed by atoms with Crippen LogP contribution < -0.4 is 55.4 Å². The highest BCUT2D eigenvalue weighted by molar-refractivity contribution is 7.18. The molecule has 4 heterocycles. The summed E-state index contributed by atoms with van der Waals surface area (Å²) in [5, 5.41) is 39.6. The van der Waals surface area contributed by atoms with Gasteiger partial charge in [-0.15, -0.1) is 0 Å². The van der Waals surface area contributed by atoms with E-state index >= 15 is 0 Å². The smallest absolute Gasteiger partial charge is 0.305 e. The van der Waals surface area contributed by atoms with E-state index in [0.29, 0.717) is 42.8 Å². The predicted octanol–water partition coefficient (Wildman–Crippen LogP) is 2.19. The Morgan fingerprint density at radius 2 is 0.971 bits per heavy atom. The summed E-state index contributed by atoms with van der Waals surface area (Å²) in [5.74, 6) is -0.708. The lowest BCUT2D eigenvalue weighted by Gasteiger charge is -2.04. The van der Waals surface area contributed by atoms with Crippen molar-refractivity contribution in [2.75, 3.05) is 10.6 Å². The summed E-state index contributed by atoms with van der Waals surface area (Å²) in [6.45, 7) is 7.21. The highest BCUT2D eigenvalue weighted by Gasteiger charge is 2.20. The van der Waals surface area contributed by atoms with Crippen molar-refractivity contribution in [2.24, 2.45) is 10.2 Å². The Labute approximate surface area is 422 Å². The van der Waals surface area contributed by atoms with Gasteiger partial charge in [0.25, 0.3) is 11.4 Å². The first-order valence-corrected chi connectivity index (χ1v) is 22.5. The molecule has 18 nitrogen and oxygen atoms in total. The average Bonchev–Trinajstić information content (AvgIpc) is 3.88. The lowest BCUT2D eigenvalue weighted by atomic mass is 10.1. The molecule has 7 aromatic rings. The van der Waals surface area contributed by atoms with Crippen molar-refractivity contribution in [3.8, 4) is 0 Å². The van der Waals surface area contributed by atoms with E-state index in [2.05, 4.69) is 41.7 Å². The molecule has 0 aliphatic carbocycles. The number of anilines is 4. The van der Waals surface area contributed by atoms with Gasteiger partial charge in [-0.25, -0.2) is 20.8 Å². The molecular formula is C48H44Cl2N12O6S2. The highest BCUT2D eigenvalue weighted by atomic mass is 35.5. The first-order valence-electron chi connectivity index (χ1n) is 20.8. The Hall–Kier alpha value is -8.04. The Balaban J connectivity index is 0.00000456. The number of hydrogen-bond acceptors (Lipinski definition) is 14. The minimum atomic E-state index is -0.450. The highest BCUT2D eigenvalue weighted by Crippen LogP contribution is 2.34. The quantitative estimate of drug-likeness (QED) is 0.0424. The molecule has 0 saturated heterocycles. The van der Waals surface area contributed by atoms with Gasteiger partial charge in [0.1, 0.15) is 22.8 Å². The molecule has 0 aliphatic heterocycles. The molecule has 0 radical (unpaired) electrons. The van der Waals surface area contributed by atoms with Crippen LogP contribution in [0.15, 0.2) is 144 Å². The van der Waals surface area contributed by atoms with E-state index in [9.17, 15) is 29.8 Å². The van der Waals surface area contributed by atoms with Crippen LogP contribution >= 0.6 is 22.7 Å². The number of aryl methyl sites for hydroxylation is 4. The van der Waals surface area contributed by atoms with Gasteiger partial charge in [0.2, 0.25) is 13.1 Å². The Kier molecular flexibility index (Phi) is 18.8. The minimum Gasteiger partial charge on any atom is -1.00 e. The lowest BCUT2D eigenvalue weighted by molar-refractivity contribution is -0.684. The van der Waals surface area contributed by atoms with Gasteiger partial charge in [0.15, 0.2) is 35.1 Å². The van der Waals surface area contributed by atoms with Gasteiger partial charge in [-0.2, -0.15) is 19.3 Å². The number of amides is 2. The minimum absolute atomic E-state index is 0. The van der Waals surface area contributed by atoms with Crippen LogP contribution in [0.25, 0.3) is 12.2 Å². The summed E-state index contributed by atoms with van der Waals surface area (Å²) < 4.78 is 3.44. The van der Waals surface area contributed by atoms with Crippen molar-refractivity contribution in [3.05, 3.63) is 198 Å². The molecule has 70 heavy (non-hydrogen) atoms. The fourth-order valence-electron chi connectivity index (χ4n) is 6.53. The number of carbonyl (C=O) groups excluding carboxylic acids is 2. The fourth-order valence-corrected chi connectivity index (χ4v) is 8.42. The summed E-state index contributed by atoms with van der Waals surface area (Å²) in [6, 6.07) is 28.4. The van der Waals surface area contributed by atoms with Crippen LogP contribution in [0.4, 0.5) is 33.0 Å². The van der Waals surface area contributed by atoms with Gasteiger partial charge < -0.3 is 35.4 Å². The number of rotatable bonds is 18. The molecule has 2 amide bonds. The number of halogens is 2. The van der Waals surface area contributed by atoms with Gasteiger partial charge in [0.05, 0.1) is 31.0 Å². The summed E-state index contributed by atoms with van der Waals surface area (Å²) in [5.41, 5.74) is 10.8. The number of carbonyl (C=O) groups is 2. The van der Waals surface area contributed by atoms with Crippen molar-refractivity contribution in [2.45, 2.75) is 40.8 Å². The molecular weight excluding hydrogens is 976 g/mol. The number of hydrazone groups is 2. The van der Waals surface area contributed by atoms with Crippen molar-refractivity contribution < 1.29 is 53.4 Å². The topological polar surface area (TPSA) is 227 Å². The standard InChI is InChI=1S/C48H42N12O6S2.2ClH/c1-31-11-19-37(41(27-31)59(63)64)51-47-49-33(3)45(67-47)39(53-55-43(61)29-57-23-7-5-8-24-57)21-17-35-13-15-36(16-14-35)18-22-40(54-56-44(62)30-58-25-9-6-10-26-58)46-34(4)50-48(68-46)52-38-20-12-32(2)28-42(38)60(65)66;;/h5-28H,29-30H2,1-4H3,(H2-2,49,50,51,52,53,54,55,56,61,62);2*1H. The molecule has 4 aromatic heterocycles. The first-order chi connectivity index (χ1) is 32.8. The van der Waals surface area contributed by atoms with E-state index < -0.39 is 9.85 Å². The van der Waals surface area contributed by atoms with Gasteiger partial charge in [-0.3, -0.25) is 29.8 Å². The number of benzene rings is 3. The van der Waals surface area contributed by atoms with Crippen LogP contribution in [-0.2, 0) is 22.7 Å². The van der Waals surface area contributed by atoms with Gasteiger partial charge >= 0.3 is 11.8 Å². The number of hydrogen-bond donors (Lipinski definition) is 4. The lowest BCUT2D eigenvalue weighted by Crippen LogP contribution is -3.00. The Morgan fingerprint density at radius 3 is 1.33 bits per heavy atom. The third-order valence-corrected chi connectivity index (χ3v) is 12.0. The van der Waals surface area contributed by atoms with Gasteiger partial charge in [0, 0.05) is 36.4 Å². The number of allylic oxidation sites excluding steroid dienone is 2. The maximum Gasteiger partial charge on any atom is 0.305 e. The number of nitrogens with zero attached hydrogens (tertiary/aromatic N) is 8. The second-order valence-electron chi connectivity index (χ2n) is 15.2. The maximum atomic E-state index is 13.0. The zero-order chi connectivity index (χ0) is 48.2. The van der Waals surface area contributed by atoms with Crippen LogP contribution in [-0.4, -0.2) is 43.1 Å². The number of aromatic nitrogens is 4. The zero-order valence-corrected chi connectivity index (χ0v) is 41.0. The fraction of sp³-hybridized carbons (Fsp3) is 0.125. The van der Waals surface area contributed by atoms with Crippen molar-refractivity contribution in [1.29, 1.82) is 0 Å². The van der Waals surface area contributed by atoms with Crippen LogP contribution in [0.2, 0.25) is 0 Å². The Morgan fingerprint density at radius 1 is 0.600 bits per heavy atom. The molecule has 0 bridgehead atoms. The summed E-state index contributed by atoms with van der Waals surface area (Å²) in [4.78, 5) is 59.2. The molecule has 0 aliphatic rings. The van der Waals surface area contributed by atoms with Crippen LogP contribution in [0.1, 0.15) is 43.4 Å². The van der Waals surface area contributed by atoms with Crippen LogP contribution in [0.3, 0.4) is 0 Å². The molecule has 0 unspecified atom stereocenters. The van der Waals surface area contributed by atoms with E-state index in [1.807, 2.05) is 72.8 Å². The monoisotopic (exact) mass is 1020 g/mol. The second kappa shape index (κ2) is 24.8. The molecule has 22 heteroatoms. The van der Waals surface area contributed by atoms with E-state index in [-0.39, 0.29) is 72.5 Å². The molecule has 7 rings (SSSR count). The summed E-state index contributed by atoms with van der Waals surface area (Å²) in [6.07, 6.45) is 14.3. The van der Waals surface area contributed by atoms with E-state index in [4.69, 9.17) is 0 Å². The molecule has 0 spiro atoms. The average molecular weight is 1020 g/mol. The number of nitrogens with one attached hydrogen (secondary N) is 4. The van der Waals surface area contributed by atoms with E-state index in [0.717, 1.165) is 22.3 Å². The van der Waals surface area contributed by atoms with Crippen LogP contribution in [0.5, 0.6) is 0 Å². The van der Waals surface area contributed by atoms with E-state index in [1.54, 1.807) is 98.0 Å². The molecule has 358 valence electrons. The molecule has 3 aromatic carbocycles. The largest absolute Gasteiger partial charge is 1.00 e. The van der Waals surface area contributed by atoms with Crippen molar-refractivity contribution >= 4 is 91.1 Å². The third kappa shape index (κ3) is 14.5. The second-order valence-corrected chi connectivity index (χ2v) is 17.2. The predicted molar refractivity (Wildman–Crippen MR) is 263 cm³/mol. The first kappa shape index (κ1) is 52.9. The van der Waals surface area contributed by atoms with Gasteiger partial charge in [-0.1, -0.05) is 83.4 Å². The number of pyridine rings is 2. The molecule has 0 atom stereocenters. The van der Waals surface area contributed by atoms with Crippen molar-refractivity contribution in [3.63, 3.8) is 0 Å². The number of nitro groups is 2. The molecule has 4 N–H and O–H groups in total. The Bertz CT molecular complexity index is 2920. The number of thiazole rings is 2. The molecule has 0 saturated carbocycles. The summed E-state index contributed by atoms with van der Waals surface area (Å²) in [7, 11) is 0. The normalized spacial score (nSPS) is 11.4. The third-order valence-electron chi connectivity index (χ3n) is 9.85. The van der Waals surface area contributed by atoms with E-state index in [1.165, 1.54) is 34.8 Å². The SMILES string of the molecule is Cc1ccc(Nc2nc(C)c(C(/C=C/c3ccc(/C=C/C(=N/NC(=O)C[n+]4ccccc4)c4sc(Nc5ccc(C)cc5[N+](=O)[O-])nc4C)cc3)=N\NC(=O)C[n+]3ccccc3)s2)c([N+](=O)[O-])c1.[Cl-].[Cl-]. The molecule has 0 fully saturated rings. The van der Waals surface area contributed by atoms with Crippen LogP contribution in [0, 0.1) is 47.9 Å². The zero-order valence-electron chi connectivity index (χ0n) is 37.9.